The maximum atomic E-state index is 12.6. The van der Waals surface area contributed by atoms with Gasteiger partial charge in [0.05, 0.1) is 5.69 Å². The Morgan fingerprint density at radius 1 is 0.880 bits per heavy atom. The van der Waals surface area contributed by atoms with Gasteiger partial charge in [0.25, 0.3) is 0 Å². The quantitative estimate of drug-likeness (QED) is 0.543. The van der Waals surface area contributed by atoms with Gasteiger partial charge in [0.15, 0.2) is 5.43 Å². The standard InChI is InChI=1S/C23H25NO/c1-3-4-7-16-21-17-22(25)18(2)23(19-12-8-5-9-13-19)24(21)20-14-10-6-11-15-20/h5-6,8-15,17H,3-4,7,16H2,1-2H3. The zero-order valence-corrected chi connectivity index (χ0v) is 15.0. The van der Waals surface area contributed by atoms with E-state index in [4.69, 9.17) is 0 Å². The van der Waals surface area contributed by atoms with Gasteiger partial charge < -0.3 is 4.57 Å². The first-order valence-electron chi connectivity index (χ1n) is 9.08. The number of hydrogen-bond acceptors (Lipinski definition) is 1. The smallest absolute Gasteiger partial charge is 0.185 e. The SMILES string of the molecule is CCCCCc1cc(=O)c(C)c(-c2ccccc2)n1-c1ccccc1. The van der Waals surface area contributed by atoms with Crippen LogP contribution in [-0.4, -0.2) is 4.57 Å². The van der Waals surface area contributed by atoms with Gasteiger partial charge in [-0.05, 0) is 37.5 Å². The molecule has 0 aliphatic heterocycles. The molecule has 0 spiro atoms. The summed E-state index contributed by atoms with van der Waals surface area (Å²) in [4.78, 5) is 12.6. The van der Waals surface area contributed by atoms with Crippen LogP contribution < -0.4 is 5.43 Å². The van der Waals surface area contributed by atoms with Crippen LogP contribution in [0.3, 0.4) is 0 Å². The summed E-state index contributed by atoms with van der Waals surface area (Å²) in [5, 5.41) is 0. The minimum atomic E-state index is 0.123. The van der Waals surface area contributed by atoms with Crippen LogP contribution in [-0.2, 0) is 6.42 Å². The largest absolute Gasteiger partial charge is 0.313 e. The minimum Gasteiger partial charge on any atom is -0.313 e. The van der Waals surface area contributed by atoms with Crippen LogP contribution in [0, 0.1) is 6.92 Å². The minimum absolute atomic E-state index is 0.123. The van der Waals surface area contributed by atoms with Gasteiger partial charge in [-0.15, -0.1) is 0 Å². The lowest BCUT2D eigenvalue weighted by atomic mass is 10.0. The zero-order chi connectivity index (χ0) is 17.6. The average molecular weight is 331 g/mol. The van der Waals surface area contributed by atoms with Gasteiger partial charge >= 0.3 is 0 Å². The highest BCUT2D eigenvalue weighted by Gasteiger charge is 2.15. The number of benzene rings is 2. The van der Waals surface area contributed by atoms with Crippen molar-refractivity contribution in [1.82, 2.24) is 4.57 Å². The Hall–Kier alpha value is -2.61. The summed E-state index contributed by atoms with van der Waals surface area (Å²) in [7, 11) is 0. The van der Waals surface area contributed by atoms with Crippen molar-refractivity contribution in [3.05, 3.63) is 88.2 Å². The first-order valence-corrected chi connectivity index (χ1v) is 9.08. The number of aryl methyl sites for hydroxylation is 1. The summed E-state index contributed by atoms with van der Waals surface area (Å²) >= 11 is 0. The third-order valence-corrected chi connectivity index (χ3v) is 4.63. The summed E-state index contributed by atoms with van der Waals surface area (Å²) < 4.78 is 2.27. The highest BCUT2D eigenvalue weighted by atomic mass is 16.1. The molecule has 0 fully saturated rings. The molecule has 1 heterocycles. The molecule has 3 aromatic rings. The van der Waals surface area contributed by atoms with Crippen molar-refractivity contribution < 1.29 is 0 Å². The molecule has 2 nitrogen and oxygen atoms in total. The number of rotatable bonds is 6. The molecule has 3 rings (SSSR count). The van der Waals surface area contributed by atoms with Crippen molar-refractivity contribution in [2.24, 2.45) is 0 Å². The van der Waals surface area contributed by atoms with E-state index >= 15 is 0 Å². The Labute approximate surface area is 149 Å². The van der Waals surface area contributed by atoms with Crippen LogP contribution in [0.25, 0.3) is 16.9 Å². The molecular formula is C23H25NO. The predicted molar refractivity (Wildman–Crippen MR) is 105 cm³/mol. The van der Waals surface area contributed by atoms with Crippen molar-refractivity contribution in [1.29, 1.82) is 0 Å². The first kappa shape index (κ1) is 17.2. The van der Waals surface area contributed by atoms with Gasteiger partial charge in [0, 0.05) is 23.0 Å². The van der Waals surface area contributed by atoms with Crippen molar-refractivity contribution >= 4 is 0 Å². The van der Waals surface area contributed by atoms with Gasteiger partial charge in [0.1, 0.15) is 0 Å². The van der Waals surface area contributed by atoms with Gasteiger partial charge in [-0.1, -0.05) is 68.3 Å². The van der Waals surface area contributed by atoms with Crippen LogP contribution >= 0.6 is 0 Å². The Bertz CT molecular complexity index is 879. The molecule has 0 saturated heterocycles. The monoisotopic (exact) mass is 331 g/mol. The molecule has 25 heavy (non-hydrogen) atoms. The third-order valence-electron chi connectivity index (χ3n) is 4.63. The van der Waals surface area contributed by atoms with E-state index in [1.165, 1.54) is 12.8 Å². The molecule has 2 aromatic carbocycles. The Kier molecular flexibility index (Phi) is 5.49. The van der Waals surface area contributed by atoms with Crippen molar-refractivity contribution in [2.45, 2.75) is 39.5 Å². The number of pyridine rings is 1. The molecule has 2 heteroatoms. The number of aromatic nitrogens is 1. The maximum absolute atomic E-state index is 12.6. The Balaban J connectivity index is 2.26. The second kappa shape index (κ2) is 7.98. The number of para-hydroxylation sites is 1. The summed E-state index contributed by atoms with van der Waals surface area (Å²) in [5.74, 6) is 0. The third kappa shape index (κ3) is 3.74. The molecular weight excluding hydrogens is 306 g/mol. The molecule has 0 atom stereocenters. The Morgan fingerprint density at radius 3 is 2.16 bits per heavy atom. The average Bonchev–Trinajstić information content (AvgIpc) is 2.65. The fraction of sp³-hybridized carbons (Fsp3) is 0.261. The van der Waals surface area contributed by atoms with Crippen LogP contribution in [0.1, 0.15) is 37.4 Å². The summed E-state index contributed by atoms with van der Waals surface area (Å²) in [6.45, 7) is 4.13. The summed E-state index contributed by atoms with van der Waals surface area (Å²) in [6.07, 6.45) is 4.36. The summed E-state index contributed by atoms with van der Waals surface area (Å²) in [6, 6.07) is 22.4. The first-order chi connectivity index (χ1) is 12.2. The van der Waals surface area contributed by atoms with E-state index < -0.39 is 0 Å². The summed E-state index contributed by atoms with van der Waals surface area (Å²) in [5.41, 5.74) is 5.21. The molecule has 1 aromatic heterocycles. The van der Waals surface area contributed by atoms with Crippen LogP contribution in [0.2, 0.25) is 0 Å². The van der Waals surface area contributed by atoms with Gasteiger partial charge in [-0.2, -0.15) is 0 Å². The highest BCUT2D eigenvalue weighted by molar-refractivity contribution is 5.66. The molecule has 0 amide bonds. The van der Waals surface area contributed by atoms with E-state index in [-0.39, 0.29) is 5.43 Å². The second-order valence-corrected chi connectivity index (χ2v) is 6.47. The lowest BCUT2D eigenvalue weighted by Crippen LogP contribution is -2.17. The predicted octanol–water partition coefficient (Wildman–Crippen LogP) is 5.55. The highest BCUT2D eigenvalue weighted by Crippen LogP contribution is 2.27. The normalized spacial score (nSPS) is 10.8. The van der Waals surface area contributed by atoms with E-state index in [0.29, 0.717) is 0 Å². The van der Waals surface area contributed by atoms with Crippen molar-refractivity contribution in [3.8, 4) is 16.9 Å². The second-order valence-electron chi connectivity index (χ2n) is 6.47. The molecule has 0 aliphatic carbocycles. The topological polar surface area (TPSA) is 22.0 Å². The van der Waals surface area contributed by atoms with Gasteiger partial charge in [-0.25, -0.2) is 0 Å². The van der Waals surface area contributed by atoms with Gasteiger partial charge in [-0.3, -0.25) is 4.79 Å². The zero-order valence-electron chi connectivity index (χ0n) is 15.0. The van der Waals surface area contributed by atoms with Crippen molar-refractivity contribution in [2.75, 3.05) is 0 Å². The van der Waals surface area contributed by atoms with E-state index in [2.05, 4.69) is 35.8 Å². The number of hydrogen-bond donors (Lipinski definition) is 0. The van der Waals surface area contributed by atoms with E-state index in [1.54, 1.807) is 0 Å². The van der Waals surface area contributed by atoms with E-state index in [9.17, 15) is 4.79 Å². The molecule has 0 radical (unpaired) electrons. The Morgan fingerprint density at radius 2 is 1.52 bits per heavy atom. The van der Waals surface area contributed by atoms with Crippen LogP contribution in [0.4, 0.5) is 0 Å². The lowest BCUT2D eigenvalue weighted by molar-refractivity contribution is 0.694. The van der Waals surface area contributed by atoms with E-state index in [1.807, 2.05) is 49.4 Å². The number of unbranched alkanes of at least 4 members (excludes halogenated alkanes) is 2. The molecule has 0 unspecified atom stereocenters. The molecule has 0 bridgehead atoms. The van der Waals surface area contributed by atoms with Crippen LogP contribution in [0.15, 0.2) is 71.5 Å². The molecule has 0 saturated carbocycles. The van der Waals surface area contributed by atoms with Gasteiger partial charge in [0.2, 0.25) is 0 Å². The fourth-order valence-corrected chi connectivity index (χ4v) is 3.31. The molecule has 0 N–H and O–H groups in total. The molecule has 128 valence electrons. The van der Waals surface area contributed by atoms with Crippen LogP contribution in [0.5, 0.6) is 0 Å². The molecule has 0 aliphatic rings. The maximum Gasteiger partial charge on any atom is 0.185 e. The lowest BCUT2D eigenvalue weighted by Gasteiger charge is -2.21. The van der Waals surface area contributed by atoms with Crippen molar-refractivity contribution in [3.63, 3.8) is 0 Å². The fourth-order valence-electron chi connectivity index (χ4n) is 3.31. The van der Waals surface area contributed by atoms with E-state index in [0.717, 1.165) is 41.0 Å². The number of nitrogens with zero attached hydrogens (tertiary/aromatic N) is 1.